The van der Waals surface area contributed by atoms with Crippen molar-refractivity contribution in [3.05, 3.63) is 29.6 Å². The molecule has 0 atom stereocenters. The summed E-state index contributed by atoms with van der Waals surface area (Å²) in [7, 11) is 1.64. The molecule has 2 rings (SSSR count). The van der Waals surface area contributed by atoms with Crippen LogP contribution in [0.25, 0.3) is 0 Å². The van der Waals surface area contributed by atoms with Crippen LogP contribution >= 0.6 is 0 Å². The molecule has 1 heterocycles. The summed E-state index contributed by atoms with van der Waals surface area (Å²) in [5.41, 5.74) is 1.04. The van der Waals surface area contributed by atoms with E-state index in [4.69, 9.17) is 5.26 Å². The van der Waals surface area contributed by atoms with Gasteiger partial charge >= 0.3 is 0 Å². The quantitative estimate of drug-likeness (QED) is 0.881. The van der Waals surface area contributed by atoms with Crippen LogP contribution in [-0.4, -0.2) is 26.0 Å². The van der Waals surface area contributed by atoms with Gasteiger partial charge in [-0.2, -0.15) is 5.26 Å². The van der Waals surface area contributed by atoms with Crippen LogP contribution in [0.15, 0.2) is 18.2 Å². The van der Waals surface area contributed by atoms with Gasteiger partial charge in [-0.3, -0.25) is 4.79 Å². The number of nitrogens with zero attached hydrogens (tertiary/aromatic N) is 2. The predicted molar refractivity (Wildman–Crippen MR) is 70.1 cm³/mol. The van der Waals surface area contributed by atoms with E-state index in [9.17, 15) is 9.18 Å². The highest BCUT2D eigenvalue weighted by Gasteiger charge is 2.24. The molecule has 1 N–H and O–H groups in total. The predicted octanol–water partition coefficient (Wildman–Crippen LogP) is 1.66. The van der Waals surface area contributed by atoms with Crippen molar-refractivity contribution >= 4 is 11.6 Å². The first kappa shape index (κ1) is 13.3. The van der Waals surface area contributed by atoms with E-state index in [-0.39, 0.29) is 11.8 Å². The molecule has 19 heavy (non-hydrogen) atoms. The number of hydrogen-bond acceptors (Lipinski definition) is 3. The van der Waals surface area contributed by atoms with Crippen molar-refractivity contribution in [1.82, 2.24) is 5.32 Å². The van der Waals surface area contributed by atoms with Gasteiger partial charge in [0, 0.05) is 31.7 Å². The summed E-state index contributed by atoms with van der Waals surface area (Å²) in [6.45, 7) is 1.40. The van der Waals surface area contributed by atoms with Gasteiger partial charge in [0.05, 0.1) is 11.6 Å². The first-order valence-electron chi connectivity index (χ1n) is 6.31. The number of carbonyl (C=O) groups excluding carboxylic acids is 1. The molecule has 4 nitrogen and oxygen atoms in total. The molecule has 1 aromatic carbocycles. The first-order chi connectivity index (χ1) is 9.13. The summed E-state index contributed by atoms with van der Waals surface area (Å²) < 4.78 is 13.4. The highest BCUT2D eigenvalue weighted by Crippen LogP contribution is 2.25. The Hall–Kier alpha value is -2.09. The maximum Gasteiger partial charge on any atom is 0.222 e. The second-order valence-electron chi connectivity index (χ2n) is 4.69. The maximum absolute atomic E-state index is 13.4. The van der Waals surface area contributed by atoms with Gasteiger partial charge in [-0.25, -0.2) is 4.39 Å². The normalized spacial score (nSPS) is 15.9. The number of halogens is 1. The Labute approximate surface area is 111 Å². The minimum atomic E-state index is -0.400. The molecular formula is C14H16FN3O. The number of anilines is 1. The third-order valence-corrected chi connectivity index (χ3v) is 3.49. The number of nitriles is 1. The fourth-order valence-corrected chi connectivity index (χ4v) is 2.43. The first-order valence-corrected chi connectivity index (χ1v) is 6.31. The fraction of sp³-hybridized carbons (Fsp3) is 0.429. The van der Waals surface area contributed by atoms with Crippen LogP contribution in [0.3, 0.4) is 0 Å². The molecule has 0 saturated carbocycles. The van der Waals surface area contributed by atoms with Gasteiger partial charge in [-0.15, -0.1) is 0 Å². The molecule has 1 aromatic rings. The van der Waals surface area contributed by atoms with Crippen LogP contribution in [0, 0.1) is 23.1 Å². The lowest BCUT2D eigenvalue weighted by Crippen LogP contribution is -2.39. The van der Waals surface area contributed by atoms with Crippen molar-refractivity contribution in [2.24, 2.45) is 5.92 Å². The molecule has 1 fully saturated rings. The lowest BCUT2D eigenvalue weighted by Gasteiger charge is -2.32. The fourth-order valence-electron chi connectivity index (χ4n) is 2.43. The van der Waals surface area contributed by atoms with E-state index in [0.29, 0.717) is 24.3 Å². The summed E-state index contributed by atoms with van der Waals surface area (Å²) in [4.78, 5) is 13.5. The number of piperidine rings is 1. The van der Waals surface area contributed by atoms with Gasteiger partial charge in [-0.05, 0) is 31.0 Å². The van der Waals surface area contributed by atoms with Crippen molar-refractivity contribution in [2.45, 2.75) is 12.8 Å². The molecule has 100 valence electrons. The second kappa shape index (κ2) is 5.70. The summed E-state index contributed by atoms with van der Waals surface area (Å²) in [5.74, 6) is -0.302. The Bertz CT molecular complexity index is 516. The average Bonchev–Trinajstić information content (AvgIpc) is 2.46. The van der Waals surface area contributed by atoms with Crippen LogP contribution in [0.4, 0.5) is 10.1 Å². The molecule has 0 aromatic heterocycles. The topological polar surface area (TPSA) is 56.1 Å². The van der Waals surface area contributed by atoms with Crippen LogP contribution < -0.4 is 10.2 Å². The van der Waals surface area contributed by atoms with E-state index < -0.39 is 5.82 Å². The minimum absolute atomic E-state index is 0.0326. The van der Waals surface area contributed by atoms with Gasteiger partial charge in [0.15, 0.2) is 0 Å². The highest BCUT2D eigenvalue weighted by atomic mass is 19.1. The van der Waals surface area contributed by atoms with E-state index >= 15 is 0 Å². The molecular weight excluding hydrogens is 245 g/mol. The van der Waals surface area contributed by atoms with Gasteiger partial charge in [0.1, 0.15) is 5.82 Å². The summed E-state index contributed by atoms with van der Waals surface area (Å²) in [6, 6.07) is 6.29. The van der Waals surface area contributed by atoms with Crippen molar-refractivity contribution < 1.29 is 9.18 Å². The minimum Gasteiger partial charge on any atom is -0.371 e. The summed E-state index contributed by atoms with van der Waals surface area (Å²) in [6.07, 6.45) is 1.50. The van der Waals surface area contributed by atoms with Gasteiger partial charge < -0.3 is 10.2 Å². The molecule has 0 radical (unpaired) electrons. The zero-order valence-electron chi connectivity index (χ0n) is 10.8. The van der Waals surface area contributed by atoms with Crippen molar-refractivity contribution in [3.63, 3.8) is 0 Å². The van der Waals surface area contributed by atoms with Gasteiger partial charge in [0.2, 0.25) is 5.91 Å². The molecule has 0 bridgehead atoms. The molecule has 1 saturated heterocycles. The van der Waals surface area contributed by atoms with Crippen molar-refractivity contribution in [1.29, 1.82) is 5.26 Å². The van der Waals surface area contributed by atoms with Crippen LogP contribution in [0.5, 0.6) is 0 Å². The van der Waals surface area contributed by atoms with Gasteiger partial charge in [-0.1, -0.05) is 0 Å². The largest absolute Gasteiger partial charge is 0.371 e. The number of carbonyl (C=O) groups is 1. The number of benzene rings is 1. The van der Waals surface area contributed by atoms with Crippen LogP contribution in [0.2, 0.25) is 0 Å². The smallest absolute Gasteiger partial charge is 0.222 e. The van der Waals surface area contributed by atoms with E-state index in [1.807, 2.05) is 11.0 Å². The highest BCUT2D eigenvalue weighted by molar-refractivity contribution is 5.78. The van der Waals surface area contributed by atoms with Crippen LogP contribution in [-0.2, 0) is 4.79 Å². The van der Waals surface area contributed by atoms with E-state index in [1.54, 1.807) is 13.1 Å². The zero-order valence-corrected chi connectivity index (χ0v) is 10.8. The zero-order chi connectivity index (χ0) is 13.8. The third kappa shape index (κ3) is 3.02. The molecule has 5 heteroatoms. The summed E-state index contributed by atoms with van der Waals surface area (Å²) >= 11 is 0. The number of hydrogen-bond donors (Lipinski definition) is 1. The standard InChI is InChI=1S/C14H16FN3O/c1-17-14(19)11-2-4-18(5-3-11)13-7-10(9-16)6-12(15)8-13/h6-8,11H,2-5H2,1H3,(H,17,19). The van der Waals surface area contributed by atoms with Gasteiger partial charge in [0.25, 0.3) is 0 Å². The SMILES string of the molecule is CNC(=O)C1CCN(c2cc(F)cc(C#N)c2)CC1. The molecule has 1 aliphatic rings. The van der Waals surface area contributed by atoms with Crippen molar-refractivity contribution in [3.8, 4) is 6.07 Å². The Morgan fingerprint density at radius 3 is 2.68 bits per heavy atom. The molecule has 1 aliphatic heterocycles. The number of nitrogens with one attached hydrogen (secondary N) is 1. The molecule has 0 aliphatic carbocycles. The van der Waals surface area contributed by atoms with E-state index in [1.165, 1.54) is 12.1 Å². The van der Waals surface area contributed by atoms with Crippen molar-refractivity contribution in [2.75, 3.05) is 25.0 Å². The van der Waals surface area contributed by atoms with E-state index in [2.05, 4.69) is 5.32 Å². The Morgan fingerprint density at radius 2 is 2.11 bits per heavy atom. The lowest BCUT2D eigenvalue weighted by molar-refractivity contribution is -0.125. The van der Waals surface area contributed by atoms with E-state index in [0.717, 1.165) is 12.8 Å². The maximum atomic E-state index is 13.4. The summed E-state index contributed by atoms with van der Waals surface area (Å²) in [5, 5.41) is 11.5. The Balaban J connectivity index is 2.08. The third-order valence-electron chi connectivity index (χ3n) is 3.49. The van der Waals surface area contributed by atoms with Crippen LogP contribution in [0.1, 0.15) is 18.4 Å². The average molecular weight is 261 g/mol. The molecule has 0 spiro atoms. The molecule has 1 amide bonds. The Morgan fingerprint density at radius 1 is 1.42 bits per heavy atom. The lowest BCUT2D eigenvalue weighted by atomic mass is 9.95. The number of rotatable bonds is 2. The number of amides is 1. The Kier molecular flexibility index (Phi) is 4.00. The molecule has 0 unspecified atom stereocenters. The monoisotopic (exact) mass is 261 g/mol. The second-order valence-corrected chi connectivity index (χ2v) is 4.69.